The van der Waals surface area contributed by atoms with Crippen LogP contribution < -0.4 is 5.63 Å². The maximum atomic E-state index is 11.2. The van der Waals surface area contributed by atoms with Crippen LogP contribution in [-0.2, 0) is 0 Å². The first-order chi connectivity index (χ1) is 9.13. The average molecular weight is 252 g/mol. The summed E-state index contributed by atoms with van der Waals surface area (Å²) in [5, 5.41) is 10.3. The number of hydrogen-bond acceptors (Lipinski definition) is 3. The van der Waals surface area contributed by atoms with Crippen molar-refractivity contribution in [2.24, 2.45) is 0 Å². The average Bonchev–Trinajstić information content (AvgIpc) is 2.39. The molecule has 0 unspecified atom stereocenters. The molecule has 94 valence electrons. The molecule has 0 spiro atoms. The van der Waals surface area contributed by atoms with Crippen molar-refractivity contribution in [2.75, 3.05) is 0 Å². The summed E-state index contributed by atoms with van der Waals surface area (Å²) in [6.07, 6.45) is 0. The van der Waals surface area contributed by atoms with Gasteiger partial charge >= 0.3 is 5.63 Å². The third kappa shape index (κ3) is 2.10. The lowest BCUT2D eigenvalue weighted by Gasteiger charge is -2.05. The van der Waals surface area contributed by atoms with Crippen molar-refractivity contribution in [1.82, 2.24) is 0 Å². The molecule has 2 aromatic carbocycles. The molecule has 0 aliphatic carbocycles. The molecule has 0 aliphatic heterocycles. The SMILES string of the molecule is Cc1ccc(-c2ccc3oc(=O)cc(O)c3c2)cc1. The normalized spacial score (nSPS) is 10.8. The first-order valence-electron chi connectivity index (χ1n) is 5.97. The van der Waals surface area contributed by atoms with Gasteiger partial charge in [0, 0.05) is 0 Å². The van der Waals surface area contributed by atoms with E-state index in [4.69, 9.17) is 4.42 Å². The van der Waals surface area contributed by atoms with Crippen molar-refractivity contribution in [3.63, 3.8) is 0 Å². The predicted molar refractivity (Wildman–Crippen MR) is 74.3 cm³/mol. The summed E-state index contributed by atoms with van der Waals surface area (Å²) in [6.45, 7) is 2.03. The zero-order valence-electron chi connectivity index (χ0n) is 10.4. The monoisotopic (exact) mass is 252 g/mol. The van der Waals surface area contributed by atoms with Crippen LogP contribution in [0.3, 0.4) is 0 Å². The van der Waals surface area contributed by atoms with E-state index in [-0.39, 0.29) is 5.75 Å². The van der Waals surface area contributed by atoms with Crippen LogP contribution in [0.15, 0.2) is 57.7 Å². The summed E-state index contributed by atoms with van der Waals surface area (Å²) in [5.74, 6) is -0.0554. The summed E-state index contributed by atoms with van der Waals surface area (Å²) in [5.41, 5.74) is 3.06. The van der Waals surface area contributed by atoms with Gasteiger partial charge in [0.1, 0.15) is 11.3 Å². The Hall–Kier alpha value is -2.55. The summed E-state index contributed by atoms with van der Waals surface area (Å²) in [6, 6.07) is 14.6. The van der Waals surface area contributed by atoms with Crippen molar-refractivity contribution >= 4 is 11.0 Å². The first kappa shape index (κ1) is 11.5. The van der Waals surface area contributed by atoms with Crippen LogP contribution >= 0.6 is 0 Å². The zero-order valence-corrected chi connectivity index (χ0v) is 10.4. The van der Waals surface area contributed by atoms with Gasteiger partial charge in [-0.15, -0.1) is 0 Å². The fraction of sp³-hybridized carbons (Fsp3) is 0.0625. The molecule has 1 aromatic heterocycles. The second-order valence-corrected chi connectivity index (χ2v) is 4.53. The molecule has 3 rings (SSSR count). The minimum atomic E-state index is -0.548. The fourth-order valence-electron chi connectivity index (χ4n) is 2.07. The number of rotatable bonds is 1. The van der Waals surface area contributed by atoms with E-state index in [0.717, 1.165) is 17.2 Å². The smallest absolute Gasteiger partial charge is 0.339 e. The van der Waals surface area contributed by atoms with Crippen LogP contribution in [-0.4, -0.2) is 5.11 Å². The van der Waals surface area contributed by atoms with Gasteiger partial charge in [0.15, 0.2) is 0 Å². The molecule has 3 nitrogen and oxygen atoms in total. The van der Waals surface area contributed by atoms with Crippen LogP contribution in [0.5, 0.6) is 5.75 Å². The van der Waals surface area contributed by atoms with Crippen LogP contribution in [0.1, 0.15) is 5.56 Å². The van der Waals surface area contributed by atoms with Crippen molar-refractivity contribution < 1.29 is 9.52 Å². The lowest BCUT2D eigenvalue weighted by atomic mass is 10.0. The Morgan fingerprint density at radius 3 is 2.37 bits per heavy atom. The minimum absolute atomic E-state index is 0.0554. The maximum absolute atomic E-state index is 11.2. The molecule has 0 fully saturated rings. The van der Waals surface area contributed by atoms with Crippen LogP contribution in [0.4, 0.5) is 0 Å². The summed E-state index contributed by atoms with van der Waals surface area (Å²) >= 11 is 0. The van der Waals surface area contributed by atoms with Gasteiger partial charge in [-0.05, 0) is 30.2 Å². The van der Waals surface area contributed by atoms with Crippen molar-refractivity contribution in [2.45, 2.75) is 6.92 Å². The van der Waals surface area contributed by atoms with Crippen LogP contribution in [0.25, 0.3) is 22.1 Å². The van der Waals surface area contributed by atoms with Gasteiger partial charge in [-0.3, -0.25) is 0 Å². The summed E-state index contributed by atoms with van der Waals surface area (Å²) in [4.78, 5) is 11.2. The molecule has 1 N–H and O–H groups in total. The van der Waals surface area contributed by atoms with Gasteiger partial charge in [-0.2, -0.15) is 0 Å². The van der Waals surface area contributed by atoms with E-state index in [0.29, 0.717) is 11.0 Å². The Labute approximate surface area is 109 Å². The Morgan fingerprint density at radius 1 is 0.947 bits per heavy atom. The Kier molecular flexibility index (Phi) is 2.60. The topological polar surface area (TPSA) is 50.4 Å². The lowest BCUT2D eigenvalue weighted by Crippen LogP contribution is -1.95. The molecule has 0 amide bonds. The van der Waals surface area contributed by atoms with Gasteiger partial charge in [-0.1, -0.05) is 35.9 Å². The van der Waals surface area contributed by atoms with Crippen LogP contribution in [0, 0.1) is 6.92 Å². The van der Waals surface area contributed by atoms with E-state index in [1.165, 1.54) is 5.56 Å². The molecule has 19 heavy (non-hydrogen) atoms. The molecule has 3 heteroatoms. The molecule has 0 atom stereocenters. The summed E-state index contributed by atoms with van der Waals surface area (Å²) in [7, 11) is 0. The highest BCUT2D eigenvalue weighted by molar-refractivity contribution is 5.87. The first-order valence-corrected chi connectivity index (χ1v) is 5.97. The van der Waals surface area contributed by atoms with E-state index < -0.39 is 5.63 Å². The highest BCUT2D eigenvalue weighted by Crippen LogP contribution is 2.28. The number of aromatic hydroxyl groups is 1. The van der Waals surface area contributed by atoms with Gasteiger partial charge in [-0.25, -0.2) is 4.79 Å². The molecule has 3 aromatic rings. The molecule has 0 bridgehead atoms. The van der Waals surface area contributed by atoms with Gasteiger partial charge in [0.25, 0.3) is 0 Å². The molecule has 1 heterocycles. The maximum Gasteiger partial charge on any atom is 0.339 e. The van der Waals surface area contributed by atoms with Gasteiger partial charge < -0.3 is 9.52 Å². The molecule has 0 saturated heterocycles. The Morgan fingerprint density at radius 2 is 1.63 bits per heavy atom. The second-order valence-electron chi connectivity index (χ2n) is 4.53. The van der Waals surface area contributed by atoms with Gasteiger partial charge in [0.05, 0.1) is 11.5 Å². The van der Waals surface area contributed by atoms with Crippen molar-refractivity contribution in [3.8, 4) is 16.9 Å². The molecule has 0 saturated carbocycles. The number of hydrogen-bond donors (Lipinski definition) is 1. The third-order valence-corrected chi connectivity index (χ3v) is 3.11. The minimum Gasteiger partial charge on any atom is -0.507 e. The Balaban J connectivity index is 2.21. The second kappa shape index (κ2) is 4.28. The van der Waals surface area contributed by atoms with Crippen molar-refractivity contribution in [1.29, 1.82) is 0 Å². The highest BCUT2D eigenvalue weighted by atomic mass is 16.4. The summed E-state index contributed by atoms with van der Waals surface area (Å²) < 4.78 is 5.04. The number of fused-ring (bicyclic) bond motifs is 1. The lowest BCUT2D eigenvalue weighted by molar-refractivity contribution is 0.468. The molecular formula is C16H12O3. The molecular weight excluding hydrogens is 240 g/mol. The van der Waals surface area contributed by atoms with Crippen molar-refractivity contribution in [3.05, 3.63) is 64.5 Å². The van der Waals surface area contributed by atoms with E-state index in [9.17, 15) is 9.90 Å². The van der Waals surface area contributed by atoms with E-state index in [1.807, 2.05) is 43.3 Å². The number of benzene rings is 2. The highest BCUT2D eigenvalue weighted by Gasteiger charge is 2.06. The quantitative estimate of drug-likeness (QED) is 0.674. The molecule has 0 radical (unpaired) electrons. The Bertz CT molecular complexity index is 798. The standard InChI is InChI=1S/C16H12O3/c1-10-2-4-11(5-3-10)12-6-7-15-13(8-12)14(17)9-16(18)19-15/h2-9,17H,1H3. The zero-order chi connectivity index (χ0) is 13.4. The fourth-order valence-corrected chi connectivity index (χ4v) is 2.07. The predicted octanol–water partition coefficient (Wildman–Crippen LogP) is 3.47. The van der Waals surface area contributed by atoms with E-state index in [2.05, 4.69) is 0 Å². The molecule has 0 aliphatic rings. The third-order valence-electron chi connectivity index (χ3n) is 3.11. The van der Waals surface area contributed by atoms with E-state index >= 15 is 0 Å². The van der Waals surface area contributed by atoms with Crippen LogP contribution in [0.2, 0.25) is 0 Å². The number of aryl methyl sites for hydroxylation is 1. The van der Waals surface area contributed by atoms with Gasteiger partial charge in [0.2, 0.25) is 0 Å². The van der Waals surface area contributed by atoms with E-state index in [1.54, 1.807) is 6.07 Å². The largest absolute Gasteiger partial charge is 0.507 e.